The Hall–Kier alpha value is -2.06. The van der Waals surface area contributed by atoms with E-state index in [1.807, 2.05) is 37.6 Å². The zero-order valence-corrected chi connectivity index (χ0v) is 12.1. The van der Waals surface area contributed by atoms with Gasteiger partial charge in [0.25, 0.3) is 5.91 Å². The largest absolute Gasteiger partial charge is 0.378 e. The number of hydrogen-bond donors (Lipinski definition) is 0. The summed E-state index contributed by atoms with van der Waals surface area (Å²) in [5, 5.41) is 9.25. The number of morpholine rings is 1. The lowest BCUT2D eigenvalue weighted by molar-refractivity contribution is -0.130. The molecule has 1 aromatic heterocycles. The Labute approximate surface area is 119 Å². The Bertz CT molecular complexity index is 587. The molecule has 1 fully saturated rings. The summed E-state index contributed by atoms with van der Waals surface area (Å²) in [5.74, 6) is -0.211. The van der Waals surface area contributed by atoms with Crippen molar-refractivity contribution < 1.29 is 9.53 Å². The van der Waals surface area contributed by atoms with Crippen molar-refractivity contribution in [2.24, 2.45) is 7.05 Å². The molecule has 0 unspecified atom stereocenters. The summed E-state index contributed by atoms with van der Waals surface area (Å²) in [6.07, 6.45) is 1.68. The van der Waals surface area contributed by atoms with Crippen LogP contribution in [0.1, 0.15) is 17.0 Å². The number of carbonyl (C=O) groups excluding carboxylic acids is 1. The van der Waals surface area contributed by atoms with E-state index >= 15 is 0 Å². The third-order valence-electron chi connectivity index (χ3n) is 3.76. The van der Waals surface area contributed by atoms with Crippen LogP contribution < -0.4 is 0 Å². The second-order valence-corrected chi connectivity index (χ2v) is 4.96. The standard InChI is InChI=1S/C15H19N3O2/c1-11-8-13(12(2)17(11)3)9-14(10-16)15(19)18-4-6-20-7-5-18/h8-9H,4-7H2,1-3H3. The van der Waals surface area contributed by atoms with E-state index in [4.69, 9.17) is 4.74 Å². The van der Waals surface area contributed by atoms with Crippen LogP contribution in [0.25, 0.3) is 6.08 Å². The van der Waals surface area contributed by atoms with Gasteiger partial charge in [-0.3, -0.25) is 4.79 Å². The Morgan fingerprint density at radius 2 is 2.05 bits per heavy atom. The lowest BCUT2D eigenvalue weighted by Crippen LogP contribution is -2.41. The molecular formula is C15H19N3O2. The van der Waals surface area contributed by atoms with E-state index in [1.165, 1.54) is 0 Å². The average Bonchev–Trinajstić information content (AvgIpc) is 2.72. The van der Waals surface area contributed by atoms with Gasteiger partial charge in [0, 0.05) is 31.5 Å². The van der Waals surface area contributed by atoms with Crippen molar-refractivity contribution in [1.82, 2.24) is 9.47 Å². The fraction of sp³-hybridized carbons (Fsp3) is 0.467. The van der Waals surface area contributed by atoms with Crippen LogP contribution in [0, 0.1) is 25.2 Å². The van der Waals surface area contributed by atoms with Gasteiger partial charge in [-0.1, -0.05) is 0 Å². The Balaban J connectivity index is 2.27. The van der Waals surface area contributed by atoms with Crippen LogP contribution in [0.15, 0.2) is 11.6 Å². The van der Waals surface area contributed by atoms with E-state index in [9.17, 15) is 10.1 Å². The fourth-order valence-electron chi connectivity index (χ4n) is 2.26. The monoisotopic (exact) mass is 273 g/mol. The summed E-state index contributed by atoms with van der Waals surface area (Å²) in [4.78, 5) is 14.0. The molecule has 1 amide bonds. The molecule has 5 nitrogen and oxygen atoms in total. The molecule has 0 aromatic carbocycles. The third-order valence-corrected chi connectivity index (χ3v) is 3.76. The van der Waals surface area contributed by atoms with Crippen LogP contribution in [-0.4, -0.2) is 41.7 Å². The van der Waals surface area contributed by atoms with Gasteiger partial charge in [0.2, 0.25) is 0 Å². The smallest absolute Gasteiger partial charge is 0.264 e. The van der Waals surface area contributed by atoms with Gasteiger partial charge in [-0.15, -0.1) is 0 Å². The first-order valence-corrected chi connectivity index (χ1v) is 6.66. The van der Waals surface area contributed by atoms with E-state index in [1.54, 1.807) is 11.0 Å². The maximum Gasteiger partial charge on any atom is 0.264 e. The second kappa shape index (κ2) is 5.93. The number of nitriles is 1. The Kier molecular flexibility index (Phi) is 4.26. The molecule has 1 aliphatic rings. The van der Waals surface area contributed by atoms with E-state index in [-0.39, 0.29) is 11.5 Å². The first kappa shape index (κ1) is 14.4. The SMILES string of the molecule is Cc1cc(C=C(C#N)C(=O)N2CCOCC2)c(C)n1C. The van der Waals surface area contributed by atoms with Gasteiger partial charge in [-0.05, 0) is 31.6 Å². The molecule has 1 aliphatic heterocycles. The van der Waals surface area contributed by atoms with Crippen LogP contribution >= 0.6 is 0 Å². The molecule has 5 heteroatoms. The van der Waals surface area contributed by atoms with Crippen molar-refractivity contribution in [2.75, 3.05) is 26.3 Å². The number of ether oxygens (including phenoxy) is 1. The zero-order chi connectivity index (χ0) is 14.7. The number of amides is 1. The molecule has 2 heterocycles. The highest BCUT2D eigenvalue weighted by molar-refractivity contribution is 6.01. The van der Waals surface area contributed by atoms with Crippen molar-refractivity contribution in [3.63, 3.8) is 0 Å². The molecule has 1 aromatic rings. The number of carbonyl (C=O) groups is 1. The number of hydrogen-bond acceptors (Lipinski definition) is 3. The quantitative estimate of drug-likeness (QED) is 0.604. The minimum absolute atomic E-state index is 0.181. The highest BCUT2D eigenvalue weighted by Crippen LogP contribution is 2.17. The maximum absolute atomic E-state index is 12.3. The van der Waals surface area contributed by atoms with E-state index < -0.39 is 0 Å². The minimum Gasteiger partial charge on any atom is -0.378 e. The summed E-state index contributed by atoms with van der Waals surface area (Å²) < 4.78 is 7.26. The van der Waals surface area contributed by atoms with Crippen LogP contribution in [0.5, 0.6) is 0 Å². The second-order valence-electron chi connectivity index (χ2n) is 4.96. The van der Waals surface area contributed by atoms with Crippen molar-refractivity contribution >= 4 is 12.0 Å². The van der Waals surface area contributed by atoms with Crippen molar-refractivity contribution in [2.45, 2.75) is 13.8 Å². The predicted molar refractivity (Wildman–Crippen MR) is 75.9 cm³/mol. The van der Waals surface area contributed by atoms with Gasteiger partial charge in [0.05, 0.1) is 13.2 Å². The van der Waals surface area contributed by atoms with E-state index in [0.29, 0.717) is 26.3 Å². The molecule has 20 heavy (non-hydrogen) atoms. The summed E-state index contributed by atoms with van der Waals surface area (Å²) >= 11 is 0. The number of nitrogens with zero attached hydrogens (tertiary/aromatic N) is 3. The lowest BCUT2D eigenvalue weighted by Gasteiger charge is -2.26. The normalized spacial score (nSPS) is 16.1. The summed E-state index contributed by atoms with van der Waals surface area (Å²) in [7, 11) is 1.97. The highest BCUT2D eigenvalue weighted by atomic mass is 16.5. The van der Waals surface area contributed by atoms with Crippen molar-refractivity contribution in [3.05, 3.63) is 28.6 Å². The van der Waals surface area contributed by atoms with Crippen molar-refractivity contribution in [3.8, 4) is 6.07 Å². The van der Waals surface area contributed by atoms with Crippen LogP contribution in [-0.2, 0) is 16.6 Å². The molecule has 0 spiro atoms. The summed E-state index contributed by atoms with van der Waals surface area (Å²) in [5.41, 5.74) is 3.25. The van der Waals surface area contributed by atoms with Gasteiger partial charge in [-0.2, -0.15) is 5.26 Å². The molecule has 0 saturated carbocycles. The van der Waals surface area contributed by atoms with Crippen LogP contribution in [0.4, 0.5) is 0 Å². The molecule has 0 atom stereocenters. The van der Waals surface area contributed by atoms with Crippen LogP contribution in [0.3, 0.4) is 0 Å². The maximum atomic E-state index is 12.3. The number of rotatable bonds is 2. The highest BCUT2D eigenvalue weighted by Gasteiger charge is 2.21. The van der Waals surface area contributed by atoms with Gasteiger partial charge in [0.1, 0.15) is 11.6 Å². The van der Waals surface area contributed by atoms with Gasteiger partial charge < -0.3 is 14.2 Å². The molecule has 0 radical (unpaired) electrons. The molecular weight excluding hydrogens is 254 g/mol. The van der Waals surface area contributed by atoms with Crippen molar-refractivity contribution in [1.29, 1.82) is 5.26 Å². The van der Waals surface area contributed by atoms with Crippen LogP contribution in [0.2, 0.25) is 0 Å². The minimum atomic E-state index is -0.211. The van der Waals surface area contributed by atoms with Gasteiger partial charge in [0.15, 0.2) is 0 Å². The number of aryl methyl sites for hydroxylation is 1. The lowest BCUT2D eigenvalue weighted by atomic mass is 10.1. The summed E-state index contributed by atoms with van der Waals surface area (Å²) in [6, 6.07) is 4.01. The van der Waals surface area contributed by atoms with E-state index in [0.717, 1.165) is 17.0 Å². The molecule has 0 aliphatic carbocycles. The molecule has 0 N–H and O–H groups in total. The molecule has 106 valence electrons. The first-order chi connectivity index (χ1) is 9.54. The Morgan fingerprint density at radius 3 is 2.55 bits per heavy atom. The predicted octanol–water partition coefficient (Wildman–Crippen LogP) is 1.41. The first-order valence-electron chi connectivity index (χ1n) is 6.66. The topological polar surface area (TPSA) is 58.3 Å². The molecule has 1 saturated heterocycles. The molecule has 0 bridgehead atoms. The molecule has 2 rings (SSSR count). The third kappa shape index (κ3) is 2.75. The number of aromatic nitrogens is 1. The van der Waals surface area contributed by atoms with Gasteiger partial charge >= 0.3 is 0 Å². The van der Waals surface area contributed by atoms with E-state index in [2.05, 4.69) is 0 Å². The van der Waals surface area contributed by atoms with Gasteiger partial charge in [-0.25, -0.2) is 0 Å². The fourth-order valence-corrected chi connectivity index (χ4v) is 2.26. The average molecular weight is 273 g/mol. The Morgan fingerprint density at radius 1 is 1.40 bits per heavy atom. The summed E-state index contributed by atoms with van der Waals surface area (Å²) in [6.45, 7) is 6.14. The zero-order valence-electron chi connectivity index (χ0n) is 12.1.